The second kappa shape index (κ2) is 4.39. The van der Waals surface area contributed by atoms with E-state index in [-0.39, 0.29) is 0 Å². The van der Waals surface area contributed by atoms with Crippen LogP contribution in [0.2, 0.25) is 0 Å². The van der Waals surface area contributed by atoms with Crippen molar-refractivity contribution in [3.05, 3.63) is 69.6 Å². The standard InChI is InChI=1S/C24H10Br2/c25-16-9-14-7-5-12-3-1-11-2-4-13-6-8-15-10-17(26)23(16)24-21(14)19(12)18(11)20(13)22(15)24/h1-10H. The Hall–Kier alpha value is -2.16. The molecule has 0 amide bonds. The Morgan fingerprint density at radius 1 is 0.346 bits per heavy atom. The number of halogens is 2. The van der Waals surface area contributed by atoms with E-state index in [1.54, 1.807) is 0 Å². The van der Waals surface area contributed by atoms with Crippen LogP contribution in [0.25, 0.3) is 64.6 Å². The molecule has 7 aromatic rings. The Kier molecular flexibility index (Phi) is 2.36. The maximum Gasteiger partial charge on any atom is 0.0271 e. The Morgan fingerprint density at radius 2 is 0.654 bits per heavy atom. The van der Waals surface area contributed by atoms with Crippen molar-refractivity contribution in [3.63, 3.8) is 0 Å². The molecule has 26 heavy (non-hydrogen) atoms. The molecule has 7 aromatic carbocycles. The van der Waals surface area contributed by atoms with Crippen LogP contribution in [-0.2, 0) is 0 Å². The predicted octanol–water partition coefficient (Wildman–Crippen LogP) is 8.44. The highest BCUT2D eigenvalue weighted by atomic mass is 79.9. The maximum absolute atomic E-state index is 3.84. The van der Waals surface area contributed by atoms with Gasteiger partial charge in [-0.3, -0.25) is 0 Å². The van der Waals surface area contributed by atoms with Crippen molar-refractivity contribution in [2.75, 3.05) is 0 Å². The van der Waals surface area contributed by atoms with Crippen LogP contribution < -0.4 is 0 Å². The molecule has 0 bridgehead atoms. The Labute approximate surface area is 165 Å². The van der Waals surface area contributed by atoms with Gasteiger partial charge < -0.3 is 0 Å². The van der Waals surface area contributed by atoms with Crippen LogP contribution in [0.3, 0.4) is 0 Å². The van der Waals surface area contributed by atoms with E-state index >= 15 is 0 Å². The molecule has 0 saturated carbocycles. The molecule has 0 aliphatic rings. The van der Waals surface area contributed by atoms with Gasteiger partial charge in [0.2, 0.25) is 0 Å². The van der Waals surface area contributed by atoms with E-state index in [0.717, 1.165) is 8.95 Å². The molecule has 120 valence electrons. The van der Waals surface area contributed by atoms with Gasteiger partial charge in [0.15, 0.2) is 0 Å². The van der Waals surface area contributed by atoms with Crippen LogP contribution in [0.1, 0.15) is 0 Å². The van der Waals surface area contributed by atoms with Crippen LogP contribution in [0.4, 0.5) is 0 Å². The van der Waals surface area contributed by atoms with Gasteiger partial charge in [0.25, 0.3) is 0 Å². The molecular weight excluding hydrogens is 448 g/mol. The van der Waals surface area contributed by atoms with Gasteiger partial charge in [0.05, 0.1) is 0 Å². The van der Waals surface area contributed by atoms with Crippen molar-refractivity contribution >= 4 is 96.5 Å². The molecule has 0 fully saturated rings. The molecule has 0 unspecified atom stereocenters. The molecule has 0 N–H and O–H groups in total. The zero-order valence-corrected chi connectivity index (χ0v) is 16.7. The first-order valence-electron chi connectivity index (χ1n) is 8.68. The first-order valence-corrected chi connectivity index (χ1v) is 10.3. The van der Waals surface area contributed by atoms with Gasteiger partial charge in [-0.25, -0.2) is 0 Å². The van der Waals surface area contributed by atoms with E-state index in [4.69, 9.17) is 0 Å². The zero-order chi connectivity index (χ0) is 17.2. The lowest BCUT2D eigenvalue weighted by Gasteiger charge is -2.21. The third-order valence-corrected chi connectivity index (χ3v) is 7.26. The maximum atomic E-state index is 3.84. The SMILES string of the molecule is Brc1cc2ccc3ccc4ccc5ccc6cc(Br)c1c1c2c3c4c5c61. The largest absolute Gasteiger partial charge is 0.0537 e. The van der Waals surface area contributed by atoms with Gasteiger partial charge in [-0.2, -0.15) is 0 Å². The summed E-state index contributed by atoms with van der Waals surface area (Å²) in [6.45, 7) is 0. The summed E-state index contributed by atoms with van der Waals surface area (Å²) in [5, 5.41) is 16.2. The minimum absolute atomic E-state index is 1.15. The van der Waals surface area contributed by atoms with E-state index in [0.29, 0.717) is 0 Å². The predicted molar refractivity (Wildman–Crippen MR) is 120 cm³/mol. The lowest BCUT2D eigenvalue weighted by molar-refractivity contribution is 1.75. The molecule has 2 heteroatoms. The average molecular weight is 458 g/mol. The molecular formula is C24H10Br2. The van der Waals surface area contributed by atoms with Gasteiger partial charge in [0.1, 0.15) is 0 Å². The number of hydrogen-bond acceptors (Lipinski definition) is 0. The lowest BCUT2D eigenvalue weighted by atomic mass is 9.83. The van der Waals surface area contributed by atoms with Crippen LogP contribution >= 0.6 is 31.9 Å². The van der Waals surface area contributed by atoms with Gasteiger partial charge in [-0.05, 0) is 66.0 Å². The highest BCUT2D eigenvalue weighted by Crippen LogP contribution is 2.51. The molecule has 0 heterocycles. The van der Waals surface area contributed by atoms with E-state index in [1.165, 1.54) is 64.6 Å². The number of hydrogen-bond donors (Lipinski definition) is 0. The summed E-state index contributed by atoms with van der Waals surface area (Å²) in [4.78, 5) is 0. The summed E-state index contributed by atoms with van der Waals surface area (Å²) >= 11 is 7.68. The summed E-state index contributed by atoms with van der Waals surface area (Å²) in [6.07, 6.45) is 0. The number of benzene rings is 7. The first kappa shape index (κ1) is 14.0. The molecule has 0 nitrogen and oxygen atoms in total. The topological polar surface area (TPSA) is 0 Å². The van der Waals surface area contributed by atoms with Gasteiger partial charge >= 0.3 is 0 Å². The quantitative estimate of drug-likeness (QED) is 0.158. The van der Waals surface area contributed by atoms with Crippen LogP contribution in [-0.4, -0.2) is 0 Å². The highest BCUT2D eigenvalue weighted by molar-refractivity contribution is 9.11. The first-order chi connectivity index (χ1) is 12.7. The van der Waals surface area contributed by atoms with E-state index in [9.17, 15) is 0 Å². The molecule has 0 radical (unpaired) electrons. The van der Waals surface area contributed by atoms with E-state index in [1.807, 2.05) is 0 Å². The van der Waals surface area contributed by atoms with Crippen LogP contribution in [0.5, 0.6) is 0 Å². The summed E-state index contributed by atoms with van der Waals surface area (Å²) in [5.74, 6) is 0. The Balaban J connectivity index is 2.09. The second-order valence-electron chi connectivity index (χ2n) is 7.22. The Morgan fingerprint density at radius 3 is 1.04 bits per heavy atom. The minimum atomic E-state index is 1.15. The zero-order valence-electron chi connectivity index (χ0n) is 13.5. The normalized spacial score (nSPS) is 13.0. The van der Waals surface area contributed by atoms with Crippen molar-refractivity contribution in [2.45, 2.75) is 0 Å². The summed E-state index contributed by atoms with van der Waals surface area (Å²) < 4.78 is 2.30. The lowest BCUT2D eigenvalue weighted by Crippen LogP contribution is -1.93. The van der Waals surface area contributed by atoms with Crippen molar-refractivity contribution < 1.29 is 0 Å². The molecule has 0 spiro atoms. The second-order valence-corrected chi connectivity index (χ2v) is 8.93. The van der Waals surface area contributed by atoms with E-state index < -0.39 is 0 Å². The van der Waals surface area contributed by atoms with Crippen LogP contribution in [0, 0.1) is 0 Å². The third-order valence-electron chi connectivity index (χ3n) is 6.01. The number of rotatable bonds is 0. The molecule has 0 aromatic heterocycles. The van der Waals surface area contributed by atoms with Crippen molar-refractivity contribution in [1.82, 2.24) is 0 Å². The van der Waals surface area contributed by atoms with Crippen molar-refractivity contribution in [3.8, 4) is 0 Å². The van der Waals surface area contributed by atoms with Crippen molar-refractivity contribution in [2.24, 2.45) is 0 Å². The van der Waals surface area contributed by atoms with E-state index in [2.05, 4.69) is 92.5 Å². The van der Waals surface area contributed by atoms with Crippen molar-refractivity contribution in [1.29, 1.82) is 0 Å². The fourth-order valence-corrected chi connectivity index (χ4v) is 6.59. The van der Waals surface area contributed by atoms with Gasteiger partial charge in [0, 0.05) is 19.7 Å². The summed E-state index contributed by atoms with van der Waals surface area (Å²) in [7, 11) is 0. The monoisotopic (exact) mass is 456 g/mol. The molecule has 0 atom stereocenters. The minimum Gasteiger partial charge on any atom is -0.0537 e. The summed E-state index contributed by atoms with van der Waals surface area (Å²) in [6, 6.07) is 22.6. The highest BCUT2D eigenvalue weighted by Gasteiger charge is 2.22. The molecule has 7 rings (SSSR count). The summed E-state index contributed by atoms with van der Waals surface area (Å²) in [5.41, 5.74) is 0. The Bertz CT molecular complexity index is 1530. The smallest absolute Gasteiger partial charge is 0.0271 e. The fraction of sp³-hybridized carbons (Fsp3) is 0. The molecule has 0 aliphatic carbocycles. The third kappa shape index (κ3) is 1.42. The molecule has 0 aliphatic heterocycles. The average Bonchev–Trinajstić information content (AvgIpc) is 2.66. The van der Waals surface area contributed by atoms with Crippen LogP contribution in [0.15, 0.2) is 69.6 Å². The van der Waals surface area contributed by atoms with Gasteiger partial charge in [-0.15, -0.1) is 0 Å². The van der Waals surface area contributed by atoms with Gasteiger partial charge in [-0.1, -0.05) is 80.4 Å². The fourth-order valence-electron chi connectivity index (χ4n) is 5.01. The molecule has 0 saturated heterocycles.